The topological polar surface area (TPSA) is 86.2 Å². The van der Waals surface area contributed by atoms with Gasteiger partial charge in [-0.2, -0.15) is 5.10 Å². The molecular formula is C26H24BrClN2O5. The second-order valence-corrected chi connectivity index (χ2v) is 8.74. The van der Waals surface area contributed by atoms with Crippen molar-refractivity contribution >= 4 is 45.6 Å². The van der Waals surface area contributed by atoms with Gasteiger partial charge in [0.25, 0.3) is 5.91 Å². The number of amides is 1. The minimum Gasteiger partial charge on any atom is -0.494 e. The SMILES string of the molecule is CCCOc1ccc(C(=O)Oc2ccc(Br)cc2/C=N\NC(=O)[C@H](C)Oc2ccc(Cl)cc2)cc1. The summed E-state index contributed by atoms with van der Waals surface area (Å²) in [6, 6.07) is 18.5. The molecule has 1 amide bonds. The number of carbonyl (C=O) groups excluding carboxylic acids is 2. The number of benzene rings is 3. The molecule has 182 valence electrons. The molecule has 3 aromatic carbocycles. The van der Waals surface area contributed by atoms with Crippen LogP contribution < -0.4 is 19.6 Å². The molecule has 0 aliphatic heterocycles. The molecule has 7 nitrogen and oxygen atoms in total. The molecule has 0 aliphatic carbocycles. The van der Waals surface area contributed by atoms with Crippen LogP contribution in [0.3, 0.4) is 0 Å². The molecule has 1 atom stereocenters. The number of nitrogens with one attached hydrogen (secondary N) is 1. The number of carbonyl (C=O) groups is 2. The fraction of sp³-hybridized carbons (Fsp3) is 0.192. The van der Waals surface area contributed by atoms with Crippen LogP contribution in [0.25, 0.3) is 0 Å². The zero-order valence-corrected chi connectivity index (χ0v) is 21.5. The molecule has 0 saturated carbocycles. The zero-order valence-electron chi connectivity index (χ0n) is 19.2. The molecule has 1 N–H and O–H groups in total. The maximum Gasteiger partial charge on any atom is 0.343 e. The summed E-state index contributed by atoms with van der Waals surface area (Å²) in [7, 11) is 0. The third-order valence-corrected chi connectivity index (χ3v) is 5.36. The van der Waals surface area contributed by atoms with Gasteiger partial charge in [0.2, 0.25) is 0 Å². The third-order valence-electron chi connectivity index (χ3n) is 4.61. The van der Waals surface area contributed by atoms with E-state index in [1.807, 2.05) is 6.92 Å². The number of halogens is 2. The summed E-state index contributed by atoms with van der Waals surface area (Å²) >= 11 is 9.25. The van der Waals surface area contributed by atoms with E-state index in [-0.39, 0.29) is 5.75 Å². The highest BCUT2D eigenvalue weighted by atomic mass is 79.9. The molecule has 0 spiro atoms. The van der Waals surface area contributed by atoms with Crippen molar-refractivity contribution < 1.29 is 23.8 Å². The molecule has 0 saturated heterocycles. The van der Waals surface area contributed by atoms with Crippen molar-refractivity contribution in [2.45, 2.75) is 26.4 Å². The van der Waals surface area contributed by atoms with Gasteiger partial charge in [0.15, 0.2) is 6.10 Å². The number of hydrogen-bond acceptors (Lipinski definition) is 6. The van der Waals surface area contributed by atoms with E-state index >= 15 is 0 Å². The van der Waals surface area contributed by atoms with Gasteiger partial charge in [0.1, 0.15) is 17.2 Å². The van der Waals surface area contributed by atoms with E-state index in [9.17, 15) is 9.59 Å². The van der Waals surface area contributed by atoms with Gasteiger partial charge < -0.3 is 14.2 Å². The summed E-state index contributed by atoms with van der Waals surface area (Å²) in [6.45, 7) is 4.23. The summed E-state index contributed by atoms with van der Waals surface area (Å²) in [5.41, 5.74) is 3.29. The van der Waals surface area contributed by atoms with Crippen molar-refractivity contribution in [3.05, 3.63) is 87.4 Å². The molecule has 0 heterocycles. The van der Waals surface area contributed by atoms with E-state index in [0.29, 0.717) is 34.3 Å². The molecule has 35 heavy (non-hydrogen) atoms. The van der Waals surface area contributed by atoms with E-state index < -0.39 is 18.0 Å². The van der Waals surface area contributed by atoms with Gasteiger partial charge in [-0.1, -0.05) is 34.5 Å². The molecule has 0 radical (unpaired) electrons. The first kappa shape index (κ1) is 26.2. The summed E-state index contributed by atoms with van der Waals surface area (Å²) in [5.74, 6) is 0.498. The average Bonchev–Trinajstić information content (AvgIpc) is 2.85. The predicted molar refractivity (Wildman–Crippen MR) is 139 cm³/mol. The predicted octanol–water partition coefficient (Wildman–Crippen LogP) is 6.03. The molecule has 0 unspecified atom stereocenters. The Kier molecular flexibility index (Phi) is 9.69. The lowest BCUT2D eigenvalue weighted by Gasteiger charge is -2.13. The van der Waals surface area contributed by atoms with E-state index in [4.69, 9.17) is 25.8 Å². The largest absolute Gasteiger partial charge is 0.494 e. The Morgan fingerprint density at radius 3 is 2.43 bits per heavy atom. The molecule has 3 rings (SSSR count). The molecule has 0 bridgehead atoms. The van der Waals surface area contributed by atoms with Crippen LogP contribution in [0.15, 0.2) is 76.3 Å². The Morgan fingerprint density at radius 2 is 1.74 bits per heavy atom. The second-order valence-electron chi connectivity index (χ2n) is 7.39. The van der Waals surface area contributed by atoms with Crippen molar-refractivity contribution in [3.8, 4) is 17.2 Å². The fourth-order valence-electron chi connectivity index (χ4n) is 2.81. The van der Waals surface area contributed by atoms with Crippen molar-refractivity contribution in [1.82, 2.24) is 5.43 Å². The van der Waals surface area contributed by atoms with E-state index in [0.717, 1.165) is 10.9 Å². The number of esters is 1. The van der Waals surface area contributed by atoms with Crippen molar-refractivity contribution in [2.24, 2.45) is 5.10 Å². The Labute approximate surface area is 217 Å². The molecule has 0 fully saturated rings. The second kappa shape index (κ2) is 12.9. The van der Waals surface area contributed by atoms with Crippen molar-refractivity contribution in [3.63, 3.8) is 0 Å². The number of hydrazone groups is 1. The Bertz CT molecular complexity index is 1180. The summed E-state index contributed by atoms with van der Waals surface area (Å²) in [5, 5.41) is 4.56. The Morgan fingerprint density at radius 1 is 1.06 bits per heavy atom. The average molecular weight is 560 g/mol. The first-order chi connectivity index (χ1) is 16.9. The quantitative estimate of drug-likeness (QED) is 0.142. The lowest BCUT2D eigenvalue weighted by atomic mass is 10.2. The van der Waals surface area contributed by atoms with Crippen molar-refractivity contribution in [2.75, 3.05) is 6.61 Å². The van der Waals surface area contributed by atoms with Gasteiger partial charge in [-0.25, -0.2) is 10.2 Å². The smallest absolute Gasteiger partial charge is 0.343 e. The number of ether oxygens (including phenoxy) is 3. The van der Waals surface area contributed by atoms with Crippen LogP contribution in [-0.4, -0.2) is 30.8 Å². The minimum absolute atomic E-state index is 0.285. The molecule has 9 heteroatoms. The van der Waals surface area contributed by atoms with Crippen molar-refractivity contribution in [1.29, 1.82) is 0 Å². The first-order valence-corrected chi connectivity index (χ1v) is 12.0. The van der Waals surface area contributed by atoms with Gasteiger partial charge in [-0.05, 0) is 80.1 Å². The maximum absolute atomic E-state index is 12.6. The summed E-state index contributed by atoms with van der Waals surface area (Å²) in [4.78, 5) is 25.0. The molecule has 0 aliphatic rings. The molecule has 0 aromatic heterocycles. The maximum atomic E-state index is 12.6. The van der Waals surface area contributed by atoms with Crippen LogP contribution >= 0.6 is 27.5 Å². The standard InChI is InChI=1S/C26H24BrClN2O5/c1-3-14-33-22-9-4-18(5-10-22)26(32)35-24-13-6-20(27)15-19(24)16-29-30-25(31)17(2)34-23-11-7-21(28)8-12-23/h4-13,15-17H,3,14H2,1-2H3,(H,30,31)/b29-16-/t17-/m0/s1. The van der Waals surface area contributed by atoms with Crippen LogP contribution in [0.5, 0.6) is 17.2 Å². The van der Waals surface area contributed by atoms with Gasteiger partial charge >= 0.3 is 5.97 Å². The number of hydrogen-bond donors (Lipinski definition) is 1. The van der Waals surface area contributed by atoms with Gasteiger partial charge in [0.05, 0.1) is 18.4 Å². The first-order valence-electron chi connectivity index (χ1n) is 10.9. The third kappa shape index (κ3) is 8.12. The Hall–Kier alpha value is -3.36. The molecular weight excluding hydrogens is 536 g/mol. The monoisotopic (exact) mass is 558 g/mol. The van der Waals surface area contributed by atoms with Crippen LogP contribution in [0.2, 0.25) is 5.02 Å². The lowest BCUT2D eigenvalue weighted by Crippen LogP contribution is -2.33. The van der Waals surface area contributed by atoms with Gasteiger partial charge in [-0.3, -0.25) is 4.79 Å². The van der Waals surface area contributed by atoms with Crippen LogP contribution in [0.4, 0.5) is 0 Å². The highest BCUT2D eigenvalue weighted by molar-refractivity contribution is 9.10. The summed E-state index contributed by atoms with van der Waals surface area (Å²) < 4.78 is 17.4. The number of nitrogens with zero attached hydrogens (tertiary/aromatic N) is 1. The molecule has 3 aromatic rings. The van der Waals surface area contributed by atoms with Crippen LogP contribution in [-0.2, 0) is 4.79 Å². The number of rotatable bonds is 10. The van der Waals surface area contributed by atoms with E-state index in [1.54, 1.807) is 73.7 Å². The van der Waals surface area contributed by atoms with E-state index in [2.05, 4.69) is 26.5 Å². The van der Waals surface area contributed by atoms with Crippen LogP contribution in [0, 0.1) is 0 Å². The summed E-state index contributed by atoms with van der Waals surface area (Å²) in [6.07, 6.45) is 1.49. The minimum atomic E-state index is -0.794. The normalized spacial score (nSPS) is 11.7. The van der Waals surface area contributed by atoms with Gasteiger partial charge in [-0.15, -0.1) is 0 Å². The highest BCUT2D eigenvalue weighted by Gasteiger charge is 2.15. The van der Waals surface area contributed by atoms with E-state index in [1.165, 1.54) is 6.21 Å². The highest BCUT2D eigenvalue weighted by Crippen LogP contribution is 2.23. The van der Waals surface area contributed by atoms with Crippen LogP contribution in [0.1, 0.15) is 36.2 Å². The van der Waals surface area contributed by atoms with Gasteiger partial charge in [0, 0.05) is 15.1 Å². The Balaban J connectivity index is 1.62. The lowest BCUT2D eigenvalue weighted by molar-refractivity contribution is -0.127. The zero-order chi connectivity index (χ0) is 25.2. The fourth-order valence-corrected chi connectivity index (χ4v) is 3.31.